The molecule has 82 valence electrons. The third-order valence-electron chi connectivity index (χ3n) is 3.02. The van der Waals surface area contributed by atoms with E-state index in [2.05, 4.69) is 13.8 Å². The largest absolute Gasteiger partial charge is 0.495 e. The first-order valence-electron chi connectivity index (χ1n) is 4.96. The zero-order valence-corrected chi connectivity index (χ0v) is 10.6. The van der Waals surface area contributed by atoms with Crippen molar-refractivity contribution < 1.29 is 4.74 Å². The summed E-state index contributed by atoms with van der Waals surface area (Å²) in [7, 11) is 1.63. The summed E-state index contributed by atoms with van der Waals surface area (Å²) in [6, 6.07) is 3.93. The van der Waals surface area contributed by atoms with Gasteiger partial charge in [-0.2, -0.15) is 0 Å². The summed E-state index contributed by atoms with van der Waals surface area (Å²) in [5, 5.41) is 0.676. The lowest BCUT2D eigenvalue weighted by Gasteiger charge is -2.21. The molecule has 0 fully saturated rings. The molecule has 0 N–H and O–H groups in total. The Kier molecular flexibility index (Phi) is 2.64. The molecular weight excluding hydrogens is 231 g/mol. The van der Waals surface area contributed by atoms with E-state index in [1.165, 1.54) is 5.56 Å². The number of alkyl halides is 1. The smallest absolute Gasteiger partial charge is 0.137 e. The summed E-state index contributed by atoms with van der Waals surface area (Å²) in [5.74, 6) is 0.733. The maximum absolute atomic E-state index is 6.40. The maximum Gasteiger partial charge on any atom is 0.137 e. The topological polar surface area (TPSA) is 9.23 Å². The van der Waals surface area contributed by atoms with E-state index in [0.717, 1.165) is 17.7 Å². The van der Waals surface area contributed by atoms with Gasteiger partial charge in [0.15, 0.2) is 0 Å². The van der Waals surface area contributed by atoms with Crippen LogP contribution in [-0.2, 0) is 6.42 Å². The van der Waals surface area contributed by atoms with Gasteiger partial charge in [-0.3, -0.25) is 0 Å². The molecule has 0 heterocycles. The first-order valence-corrected chi connectivity index (χ1v) is 5.77. The van der Waals surface area contributed by atoms with E-state index in [4.69, 9.17) is 27.9 Å². The van der Waals surface area contributed by atoms with Gasteiger partial charge in [-0.05, 0) is 35.1 Å². The molecule has 15 heavy (non-hydrogen) atoms. The molecule has 1 atom stereocenters. The minimum atomic E-state index is 0.0379. The number of fused-ring (bicyclic) bond motifs is 1. The van der Waals surface area contributed by atoms with Gasteiger partial charge in [0.2, 0.25) is 0 Å². The molecule has 0 aliphatic heterocycles. The summed E-state index contributed by atoms with van der Waals surface area (Å²) in [4.78, 5) is 0. The predicted molar refractivity (Wildman–Crippen MR) is 64.1 cm³/mol. The fourth-order valence-electron chi connectivity index (χ4n) is 2.16. The molecule has 3 heteroatoms. The number of ether oxygens (including phenoxy) is 1. The van der Waals surface area contributed by atoms with Crippen molar-refractivity contribution in [2.24, 2.45) is 5.41 Å². The Hall–Kier alpha value is -0.400. The second kappa shape index (κ2) is 3.57. The van der Waals surface area contributed by atoms with Crippen LogP contribution in [0.15, 0.2) is 12.1 Å². The van der Waals surface area contributed by atoms with Crippen LogP contribution in [0.2, 0.25) is 5.02 Å². The third-order valence-corrected chi connectivity index (χ3v) is 4.14. The molecule has 1 aliphatic rings. The summed E-state index contributed by atoms with van der Waals surface area (Å²) in [6.07, 6.45) is 0.976. The summed E-state index contributed by atoms with van der Waals surface area (Å²) >= 11 is 12.5. The normalized spacial score (nSPS) is 22.6. The van der Waals surface area contributed by atoms with Gasteiger partial charge in [0, 0.05) is 0 Å². The Morgan fingerprint density at radius 3 is 2.67 bits per heavy atom. The van der Waals surface area contributed by atoms with Gasteiger partial charge in [0.25, 0.3) is 0 Å². The van der Waals surface area contributed by atoms with Crippen LogP contribution in [-0.4, -0.2) is 7.11 Å². The van der Waals surface area contributed by atoms with Gasteiger partial charge in [-0.1, -0.05) is 25.4 Å². The standard InChI is InChI=1S/C12H14Cl2O/c1-12(2)6-7-4-10(15-3)9(13)5-8(7)11(12)14/h4-5,11H,6H2,1-3H3. The number of rotatable bonds is 1. The summed E-state index contributed by atoms with van der Waals surface area (Å²) in [5.41, 5.74) is 2.49. The Morgan fingerprint density at radius 1 is 1.40 bits per heavy atom. The van der Waals surface area contributed by atoms with E-state index >= 15 is 0 Å². The number of benzene rings is 1. The summed E-state index contributed by atoms with van der Waals surface area (Å²) < 4.78 is 5.20. The molecular formula is C12H14Cl2O. The lowest BCUT2D eigenvalue weighted by Crippen LogP contribution is -2.12. The highest BCUT2D eigenvalue weighted by Gasteiger charge is 2.38. The second-order valence-corrected chi connectivity index (χ2v) is 5.56. The minimum Gasteiger partial charge on any atom is -0.495 e. The molecule has 1 aromatic rings. The lowest BCUT2D eigenvalue weighted by molar-refractivity contribution is 0.379. The van der Waals surface area contributed by atoms with E-state index in [1.54, 1.807) is 7.11 Å². The molecule has 2 rings (SSSR count). The first kappa shape index (κ1) is 11.1. The van der Waals surface area contributed by atoms with Crippen LogP contribution >= 0.6 is 23.2 Å². The molecule has 1 aliphatic carbocycles. The Morgan fingerprint density at radius 2 is 2.07 bits per heavy atom. The lowest BCUT2D eigenvalue weighted by atomic mass is 9.90. The van der Waals surface area contributed by atoms with Crippen molar-refractivity contribution >= 4 is 23.2 Å². The molecule has 0 aromatic heterocycles. The van der Waals surface area contributed by atoms with Crippen LogP contribution in [0, 0.1) is 5.41 Å². The number of hydrogen-bond donors (Lipinski definition) is 0. The Labute approximate surface area is 100 Å². The predicted octanol–water partition coefficient (Wildman–Crippen LogP) is 4.21. The van der Waals surface area contributed by atoms with E-state index in [9.17, 15) is 0 Å². The van der Waals surface area contributed by atoms with Gasteiger partial charge < -0.3 is 4.74 Å². The van der Waals surface area contributed by atoms with Crippen LogP contribution in [0.4, 0.5) is 0 Å². The van der Waals surface area contributed by atoms with E-state index in [1.807, 2.05) is 12.1 Å². The van der Waals surface area contributed by atoms with Crippen molar-refractivity contribution in [3.05, 3.63) is 28.3 Å². The minimum absolute atomic E-state index is 0.0379. The van der Waals surface area contributed by atoms with Crippen molar-refractivity contribution in [3.63, 3.8) is 0 Å². The molecule has 1 unspecified atom stereocenters. The Bertz CT molecular complexity index is 399. The third kappa shape index (κ3) is 1.72. The number of halogens is 2. The quantitative estimate of drug-likeness (QED) is 0.673. The van der Waals surface area contributed by atoms with Crippen LogP contribution in [0.25, 0.3) is 0 Å². The zero-order valence-electron chi connectivity index (χ0n) is 9.10. The van der Waals surface area contributed by atoms with Gasteiger partial charge >= 0.3 is 0 Å². The van der Waals surface area contributed by atoms with Crippen molar-refractivity contribution in [3.8, 4) is 5.75 Å². The fraction of sp³-hybridized carbons (Fsp3) is 0.500. The molecule has 0 spiro atoms. The van der Waals surface area contributed by atoms with Gasteiger partial charge in [0.1, 0.15) is 5.75 Å². The van der Waals surface area contributed by atoms with Crippen molar-refractivity contribution in [1.29, 1.82) is 0 Å². The van der Waals surface area contributed by atoms with Crippen LogP contribution in [0.3, 0.4) is 0 Å². The molecule has 0 radical (unpaired) electrons. The van der Waals surface area contributed by atoms with Crippen molar-refractivity contribution in [2.75, 3.05) is 7.11 Å². The summed E-state index contributed by atoms with van der Waals surface area (Å²) in [6.45, 7) is 4.34. The van der Waals surface area contributed by atoms with E-state index < -0.39 is 0 Å². The van der Waals surface area contributed by atoms with Crippen LogP contribution in [0.5, 0.6) is 5.75 Å². The monoisotopic (exact) mass is 244 g/mol. The average molecular weight is 245 g/mol. The van der Waals surface area contributed by atoms with Crippen molar-refractivity contribution in [1.82, 2.24) is 0 Å². The second-order valence-electron chi connectivity index (χ2n) is 4.71. The number of hydrogen-bond acceptors (Lipinski definition) is 1. The van der Waals surface area contributed by atoms with Crippen LogP contribution < -0.4 is 4.74 Å². The average Bonchev–Trinajstić information content (AvgIpc) is 2.38. The Balaban J connectivity index is 2.52. The first-order chi connectivity index (χ1) is 6.95. The molecule has 0 saturated carbocycles. The maximum atomic E-state index is 6.40. The molecule has 1 aromatic carbocycles. The SMILES string of the molecule is COc1cc2c(cc1Cl)C(Cl)C(C)(C)C2. The fourth-order valence-corrected chi connectivity index (χ4v) is 2.69. The molecule has 0 amide bonds. The van der Waals surface area contributed by atoms with Crippen LogP contribution in [0.1, 0.15) is 30.4 Å². The highest BCUT2D eigenvalue weighted by atomic mass is 35.5. The van der Waals surface area contributed by atoms with Gasteiger partial charge in [0.05, 0.1) is 17.5 Å². The zero-order chi connectivity index (χ0) is 11.2. The highest BCUT2D eigenvalue weighted by Crippen LogP contribution is 2.51. The highest BCUT2D eigenvalue weighted by molar-refractivity contribution is 6.32. The van der Waals surface area contributed by atoms with E-state index in [-0.39, 0.29) is 10.8 Å². The van der Waals surface area contributed by atoms with Crippen molar-refractivity contribution in [2.45, 2.75) is 25.6 Å². The molecule has 0 saturated heterocycles. The molecule has 1 nitrogen and oxygen atoms in total. The molecule has 0 bridgehead atoms. The van der Waals surface area contributed by atoms with E-state index in [0.29, 0.717) is 5.02 Å². The van der Waals surface area contributed by atoms with Gasteiger partial charge in [-0.25, -0.2) is 0 Å². The number of methoxy groups -OCH3 is 1. The van der Waals surface area contributed by atoms with Gasteiger partial charge in [-0.15, -0.1) is 11.6 Å².